The van der Waals surface area contributed by atoms with Gasteiger partial charge in [-0.05, 0) is 29.6 Å². The van der Waals surface area contributed by atoms with Crippen LogP contribution >= 0.6 is 22.9 Å². The van der Waals surface area contributed by atoms with Crippen molar-refractivity contribution in [2.75, 3.05) is 4.90 Å². The molecule has 2 N–H and O–H groups in total. The predicted molar refractivity (Wildman–Crippen MR) is 102 cm³/mol. The van der Waals surface area contributed by atoms with E-state index in [4.69, 9.17) is 11.6 Å². The second kappa shape index (κ2) is 6.45. The van der Waals surface area contributed by atoms with Gasteiger partial charge in [0.25, 0.3) is 5.91 Å². The average Bonchev–Trinajstić information content (AvgIpc) is 3.16. The summed E-state index contributed by atoms with van der Waals surface area (Å²) in [7, 11) is 0. The van der Waals surface area contributed by atoms with Gasteiger partial charge in [-0.25, -0.2) is 0 Å². The number of phenolic OH excluding ortho intramolecular Hbond substituents is 1. The number of rotatable bonds is 3. The molecule has 0 saturated carbocycles. The summed E-state index contributed by atoms with van der Waals surface area (Å²) in [6, 6.07) is 7.07. The lowest BCUT2D eigenvalue weighted by atomic mass is 9.83. The number of ketones is 1. The van der Waals surface area contributed by atoms with Crippen LogP contribution in [0.4, 0.5) is 5.69 Å². The average molecular weight is 392 g/mol. The van der Waals surface area contributed by atoms with Crippen molar-refractivity contribution >= 4 is 40.3 Å². The minimum absolute atomic E-state index is 0.0318. The van der Waals surface area contributed by atoms with Gasteiger partial charge < -0.3 is 10.2 Å². The quantitative estimate of drug-likeness (QED) is 0.800. The van der Waals surface area contributed by atoms with Crippen LogP contribution in [0.15, 0.2) is 47.0 Å². The number of aliphatic hydroxyl groups is 1. The molecule has 26 heavy (non-hydrogen) atoms. The Labute approximate surface area is 160 Å². The molecule has 2 heterocycles. The highest BCUT2D eigenvalue weighted by Crippen LogP contribution is 2.47. The lowest BCUT2D eigenvalue weighted by Crippen LogP contribution is -2.32. The minimum Gasteiger partial charge on any atom is -0.506 e. The van der Waals surface area contributed by atoms with Crippen molar-refractivity contribution in [1.29, 1.82) is 0 Å². The van der Waals surface area contributed by atoms with Gasteiger partial charge in [-0.3, -0.25) is 14.5 Å². The first-order valence-electron chi connectivity index (χ1n) is 7.96. The van der Waals surface area contributed by atoms with Crippen LogP contribution < -0.4 is 4.90 Å². The van der Waals surface area contributed by atoms with Crippen molar-refractivity contribution in [2.45, 2.75) is 26.8 Å². The van der Waals surface area contributed by atoms with Crippen molar-refractivity contribution in [3.05, 3.63) is 56.9 Å². The smallest absolute Gasteiger partial charge is 0.294 e. The molecule has 0 radical (unpaired) electrons. The molecule has 1 amide bonds. The van der Waals surface area contributed by atoms with Crippen molar-refractivity contribution in [1.82, 2.24) is 0 Å². The van der Waals surface area contributed by atoms with Gasteiger partial charge >= 0.3 is 0 Å². The van der Waals surface area contributed by atoms with Gasteiger partial charge in [0.2, 0.25) is 0 Å². The Morgan fingerprint density at radius 2 is 1.92 bits per heavy atom. The monoisotopic (exact) mass is 391 g/mol. The standard InChI is InChI=1S/C19H18ClNO4S/c1-19(2,3)17(24)14-15(13-5-4-8-26-13)21(18(25)16(14)23)11-9-10(20)6-7-12(11)22/h4-9,15,22-23H,1-3H3. The van der Waals surface area contributed by atoms with Crippen LogP contribution in [0.3, 0.4) is 0 Å². The van der Waals surface area contributed by atoms with Gasteiger partial charge in [0.15, 0.2) is 11.5 Å². The fourth-order valence-corrected chi connectivity index (χ4v) is 3.89. The van der Waals surface area contributed by atoms with E-state index in [1.54, 1.807) is 32.9 Å². The Bertz CT molecular complexity index is 912. The molecule has 136 valence electrons. The van der Waals surface area contributed by atoms with Crippen LogP contribution in [-0.4, -0.2) is 21.9 Å². The van der Waals surface area contributed by atoms with Gasteiger partial charge in [0, 0.05) is 15.3 Å². The fraction of sp³-hybridized carbons (Fsp3) is 0.263. The topological polar surface area (TPSA) is 77.8 Å². The Morgan fingerprint density at radius 1 is 1.23 bits per heavy atom. The minimum atomic E-state index is -0.821. The van der Waals surface area contributed by atoms with Crippen LogP contribution in [0, 0.1) is 5.41 Å². The van der Waals surface area contributed by atoms with Crippen molar-refractivity contribution < 1.29 is 19.8 Å². The molecule has 0 bridgehead atoms. The third-order valence-electron chi connectivity index (χ3n) is 4.14. The number of Topliss-reactive ketones (excluding diaryl/α,β-unsaturated/α-hetero) is 1. The lowest BCUT2D eigenvalue weighted by Gasteiger charge is -2.28. The molecule has 0 aliphatic carbocycles. The maximum Gasteiger partial charge on any atom is 0.294 e. The number of hydrogen-bond donors (Lipinski definition) is 2. The van der Waals surface area contributed by atoms with Crippen molar-refractivity contribution in [3.8, 4) is 5.75 Å². The summed E-state index contributed by atoms with van der Waals surface area (Å²) in [5.41, 5.74) is -0.612. The van der Waals surface area contributed by atoms with Crippen LogP contribution in [0.25, 0.3) is 0 Å². The molecule has 2 aromatic rings. The maximum absolute atomic E-state index is 13.0. The fourth-order valence-electron chi connectivity index (χ4n) is 2.90. The highest BCUT2D eigenvalue weighted by molar-refractivity contribution is 7.10. The van der Waals surface area contributed by atoms with E-state index < -0.39 is 23.1 Å². The molecule has 1 aromatic heterocycles. The lowest BCUT2D eigenvalue weighted by molar-refractivity contribution is -0.123. The first-order chi connectivity index (χ1) is 12.1. The molecule has 1 unspecified atom stereocenters. The van der Waals surface area contributed by atoms with Crippen LogP contribution in [0.5, 0.6) is 5.75 Å². The molecular weight excluding hydrogens is 374 g/mol. The molecule has 0 saturated heterocycles. The zero-order valence-electron chi connectivity index (χ0n) is 14.5. The van der Waals surface area contributed by atoms with E-state index in [9.17, 15) is 19.8 Å². The van der Waals surface area contributed by atoms with Gasteiger partial charge in [0.1, 0.15) is 11.8 Å². The van der Waals surface area contributed by atoms with Crippen LogP contribution in [0.2, 0.25) is 5.02 Å². The zero-order valence-corrected chi connectivity index (χ0v) is 16.1. The third kappa shape index (κ3) is 2.99. The number of phenols is 1. The number of benzene rings is 1. The molecular formula is C19H18ClNO4S. The third-order valence-corrected chi connectivity index (χ3v) is 5.30. The number of hydrogen-bond acceptors (Lipinski definition) is 5. The molecule has 7 heteroatoms. The SMILES string of the molecule is CC(C)(C)C(=O)C1=C(O)C(=O)N(c2cc(Cl)ccc2O)C1c1cccs1. The Hall–Kier alpha value is -2.31. The van der Waals surface area contributed by atoms with Gasteiger partial charge in [-0.1, -0.05) is 38.4 Å². The van der Waals surface area contributed by atoms with Crippen molar-refractivity contribution in [2.24, 2.45) is 5.41 Å². The van der Waals surface area contributed by atoms with E-state index >= 15 is 0 Å². The molecule has 1 atom stereocenters. The summed E-state index contributed by atoms with van der Waals surface area (Å²) in [5, 5.41) is 22.9. The number of nitrogens with zero attached hydrogens (tertiary/aromatic N) is 1. The van der Waals surface area contributed by atoms with E-state index in [1.165, 1.54) is 34.4 Å². The molecule has 1 aromatic carbocycles. The van der Waals surface area contributed by atoms with Crippen LogP contribution in [-0.2, 0) is 9.59 Å². The van der Waals surface area contributed by atoms with Gasteiger partial charge in [-0.2, -0.15) is 0 Å². The van der Waals surface area contributed by atoms with Crippen LogP contribution in [0.1, 0.15) is 31.7 Å². The first kappa shape index (κ1) is 18.5. The van der Waals surface area contributed by atoms with E-state index in [1.807, 2.05) is 5.38 Å². The molecule has 0 fully saturated rings. The highest BCUT2D eigenvalue weighted by atomic mass is 35.5. The van der Waals surface area contributed by atoms with E-state index in [0.717, 1.165) is 0 Å². The molecule has 3 rings (SSSR count). The van der Waals surface area contributed by atoms with E-state index in [0.29, 0.717) is 9.90 Å². The number of carbonyl (C=O) groups is 2. The largest absolute Gasteiger partial charge is 0.506 e. The highest BCUT2D eigenvalue weighted by Gasteiger charge is 2.47. The predicted octanol–water partition coefficient (Wildman–Crippen LogP) is 4.62. The number of halogens is 1. The normalized spacial score (nSPS) is 17.9. The summed E-state index contributed by atoms with van der Waals surface area (Å²) in [5.74, 6) is -1.83. The first-order valence-corrected chi connectivity index (χ1v) is 9.22. The molecule has 0 spiro atoms. The van der Waals surface area contributed by atoms with Crippen molar-refractivity contribution in [3.63, 3.8) is 0 Å². The molecule has 1 aliphatic heterocycles. The number of amides is 1. The number of thiophene rings is 1. The summed E-state index contributed by atoms with van der Waals surface area (Å²) in [4.78, 5) is 27.7. The second-order valence-electron chi connectivity index (χ2n) is 7.07. The maximum atomic E-state index is 13.0. The Morgan fingerprint density at radius 3 is 2.50 bits per heavy atom. The van der Waals surface area contributed by atoms with Gasteiger partial charge in [-0.15, -0.1) is 11.3 Å². The second-order valence-corrected chi connectivity index (χ2v) is 8.48. The summed E-state index contributed by atoms with van der Waals surface area (Å²) in [6.07, 6.45) is 0. The molecule has 5 nitrogen and oxygen atoms in total. The Kier molecular flexibility index (Phi) is 4.58. The summed E-state index contributed by atoms with van der Waals surface area (Å²) >= 11 is 7.39. The molecule has 1 aliphatic rings. The number of anilines is 1. The Balaban J connectivity index is 2.22. The number of aliphatic hydroxyl groups excluding tert-OH is 1. The summed E-state index contributed by atoms with van der Waals surface area (Å²) < 4.78 is 0. The van der Waals surface area contributed by atoms with E-state index in [-0.39, 0.29) is 22.8 Å². The summed E-state index contributed by atoms with van der Waals surface area (Å²) in [6.45, 7) is 5.18. The number of aromatic hydroxyl groups is 1. The van der Waals surface area contributed by atoms with E-state index in [2.05, 4.69) is 0 Å². The van der Waals surface area contributed by atoms with Gasteiger partial charge in [0.05, 0.1) is 11.3 Å². The zero-order chi connectivity index (χ0) is 19.2. The number of carbonyl (C=O) groups excluding carboxylic acids is 2.